The number of piperazine rings is 1. The lowest BCUT2D eigenvalue weighted by Gasteiger charge is -2.40. The minimum atomic E-state index is 0.191. The van der Waals surface area contributed by atoms with Crippen molar-refractivity contribution >= 4 is 5.91 Å². The van der Waals surface area contributed by atoms with Crippen LogP contribution in [0.25, 0.3) is 0 Å². The topological polar surface area (TPSA) is 23.6 Å². The maximum Gasteiger partial charge on any atom is 0.225 e. The third kappa shape index (κ3) is 2.48. The molecule has 96 valence electrons. The van der Waals surface area contributed by atoms with Crippen LogP contribution in [0.5, 0.6) is 0 Å². The third-order valence-electron chi connectivity index (χ3n) is 4.11. The van der Waals surface area contributed by atoms with Gasteiger partial charge in [0.15, 0.2) is 0 Å². The van der Waals surface area contributed by atoms with Gasteiger partial charge in [-0.2, -0.15) is 0 Å². The van der Waals surface area contributed by atoms with Crippen molar-refractivity contribution in [2.24, 2.45) is 5.92 Å². The van der Waals surface area contributed by atoms with Crippen molar-refractivity contribution in [1.82, 2.24) is 9.80 Å². The van der Waals surface area contributed by atoms with Gasteiger partial charge < -0.3 is 9.80 Å². The van der Waals surface area contributed by atoms with Crippen LogP contribution in [-0.2, 0) is 4.79 Å². The number of amides is 1. The van der Waals surface area contributed by atoms with E-state index in [9.17, 15) is 4.79 Å². The van der Waals surface area contributed by atoms with Crippen molar-refractivity contribution < 1.29 is 4.79 Å². The van der Waals surface area contributed by atoms with Gasteiger partial charge in [-0.1, -0.05) is 26.8 Å². The van der Waals surface area contributed by atoms with Crippen LogP contribution in [0.2, 0.25) is 0 Å². The van der Waals surface area contributed by atoms with Crippen molar-refractivity contribution in [3.8, 4) is 0 Å². The van der Waals surface area contributed by atoms with Crippen molar-refractivity contribution in [3.63, 3.8) is 0 Å². The summed E-state index contributed by atoms with van der Waals surface area (Å²) in [6.45, 7) is 11.1. The van der Waals surface area contributed by atoms with Gasteiger partial charge in [0.25, 0.3) is 0 Å². The van der Waals surface area contributed by atoms with Crippen LogP contribution in [0.1, 0.15) is 39.5 Å². The normalized spacial score (nSPS) is 26.0. The molecule has 2 fully saturated rings. The highest BCUT2D eigenvalue weighted by atomic mass is 16.2. The summed E-state index contributed by atoms with van der Waals surface area (Å²) in [4.78, 5) is 16.7. The monoisotopic (exact) mass is 236 g/mol. The molecule has 2 heterocycles. The molecule has 0 aromatic carbocycles. The number of carbonyl (C=O) groups excluding carboxylic acids is 1. The number of allylic oxidation sites excluding steroid dienone is 1. The highest BCUT2D eigenvalue weighted by Crippen LogP contribution is 2.29. The molecule has 2 saturated heterocycles. The smallest absolute Gasteiger partial charge is 0.225 e. The van der Waals surface area contributed by atoms with Crippen LogP contribution in [0.4, 0.5) is 0 Å². The number of carbonyl (C=O) groups is 1. The van der Waals surface area contributed by atoms with Crippen molar-refractivity contribution in [1.29, 1.82) is 0 Å². The Morgan fingerprint density at radius 2 is 2.29 bits per heavy atom. The Bertz CT molecular complexity index is 313. The molecule has 2 rings (SSSR count). The largest absolute Gasteiger partial charge is 0.369 e. The molecule has 2 atom stereocenters. The molecule has 0 bridgehead atoms. The minimum absolute atomic E-state index is 0.191. The predicted molar refractivity (Wildman–Crippen MR) is 69.5 cm³/mol. The van der Waals surface area contributed by atoms with E-state index >= 15 is 0 Å². The second kappa shape index (κ2) is 5.11. The van der Waals surface area contributed by atoms with E-state index in [0.717, 1.165) is 38.9 Å². The summed E-state index contributed by atoms with van der Waals surface area (Å²) in [6.07, 6.45) is 4.38. The maximum absolute atomic E-state index is 12.2. The molecule has 3 nitrogen and oxygen atoms in total. The molecule has 17 heavy (non-hydrogen) atoms. The highest BCUT2D eigenvalue weighted by molar-refractivity contribution is 5.78. The van der Waals surface area contributed by atoms with E-state index in [2.05, 4.69) is 30.2 Å². The van der Waals surface area contributed by atoms with E-state index in [1.54, 1.807) is 0 Å². The lowest BCUT2D eigenvalue weighted by Crippen LogP contribution is -2.52. The molecule has 0 aliphatic carbocycles. The van der Waals surface area contributed by atoms with Crippen LogP contribution in [0.3, 0.4) is 0 Å². The molecule has 0 radical (unpaired) electrons. The van der Waals surface area contributed by atoms with E-state index in [1.165, 1.54) is 12.1 Å². The molecule has 1 amide bonds. The fourth-order valence-corrected chi connectivity index (χ4v) is 3.06. The summed E-state index contributed by atoms with van der Waals surface area (Å²) in [7, 11) is 0. The van der Waals surface area contributed by atoms with E-state index in [1.807, 2.05) is 0 Å². The number of hydrogen-bond donors (Lipinski definition) is 0. The molecule has 2 aliphatic rings. The van der Waals surface area contributed by atoms with E-state index in [0.29, 0.717) is 11.9 Å². The summed E-state index contributed by atoms with van der Waals surface area (Å²) in [5, 5.41) is 0. The second-order valence-corrected chi connectivity index (χ2v) is 5.43. The highest BCUT2D eigenvalue weighted by Gasteiger charge is 2.34. The fourth-order valence-electron chi connectivity index (χ4n) is 3.06. The summed E-state index contributed by atoms with van der Waals surface area (Å²) < 4.78 is 0. The Hall–Kier alpha value is -0.990. The first kappa shape index (κ1) is 12.5. The van der Waals surface area contributed by atoms with Gasteiger partial charge in [-0.05, 0) is 19.3 Å². The number of fused-ring (bicyclic) bond motifs is 1. The summed E-state index contributed by atoms with van der Waals surface area (Å²) in [5.41, 5.74) is 1.27. The molecular weight excluding hydrogens is 212 g/mol. The SMILES string of the molecule is C=C1CCC2CN(C(=O)C(C)CCC)CCN12. The van der Waals surface area contributed by atoms with Crippen LogP contribution >= 0.6 is 0 Å². The first-order chi connectivity index (χ1) is 8.13. The van der Waals surface area contributed by atoms with Crippen molar-refractivity contribution in [2.45, 2.75) is 45.6 Å². The van der Waals surface area contributed by atoms with Crippen molar-refractivity contribution in [2.75, 3.05) is 19.6 Å². The van der Waals surface area contributed by atoms with Gasteiger partial charge in [-0.25, -0.2) is 0 Å². The second-order valence-electron chi connectivity index (χ2n) is 5.43. The summed E-state index contributed by atoms with van der Waals surface area (Å²) in [6, 6.07) is 0.536. The Kier molecular flexibility index (Phi) is 3.75. The molecule has 2 aliphatic heterocycles. The lowest BCUT2D eigenvalue weighted by atomic mass is 10.0. The van der Waals surface area contributed by atoms with Crippen LogP contribution in [0.15, 0.2) is 12.3 Å². The molecule has 2 unspecified atom stereocenters. The van der Waals surface area contributed by atoms with E-state index in [4.69, 9.17) is 0 Å². The quantitative estimate of drug-likeness (QED) is 0.750. The van der Waals surface area contributed by atoms with Gasteiger partial charge in [-0.3, -0.25) is 4.79 Å². The molecular formula is C14H24N2O. The zero-order chi connectivity index (χ0) is 12.4. The molecule has 0 aromatic rings. The zero-order valence-corrected chi connectivity index (χ0v) is 11.1. The Labute approximate surface area is 104 Å². The third-order valence-corrected chi connectivity index (χ3v) is 4.11. The Balaban J connectivity index is 1.92. The van der Waals surface area contributed by atoms with Gasteiger partial charge in [0.1, 0.15) is 0 Å². The number of nitrogens with zero attached hydrogens (tertiary/aromatic N) is 2. The summed E-state index contributed by atoms with van der Waals surface area (Å²) >= 11 is 0. The zero-order valence-electron chi connectivity index (χ0n) is 11.1. The van der Waals surface area contributed by atoms with Crippen LogP contribution in [0, 0.1) is 5.92 Å². The van der Waals surface area contributed by atoms with Crippen LogP contribution in [-0.4, -0.2) is 41.4 Å². The molecule has 0 aromatic heterocycles. The molecule has 0 saturated carbocycles. The van der Waals surface area contributed by atoms with Gasteiger partial charge in [0, 0.05) is 37.3 Å². The minimum Gasteiger partial charge on any atom is -0.369 e. The Morgan fingerprint density at radius 1 is 1.53 bits per heavy atom. The Morgan fingerprint density at radius 3 is 3.00 bits per heavy atom. The molecule has 0 N–H and O–H groups in total. The number of hydrogen-bond acceptors (Lipinski definition) is 2. The van der Waals surface area contributed by atoms with Gasteiger partial charge >= 0.3 is 0 Å². The predicted octanol–water partition coefficient (Wildman–Crippen LogP) is 2.24. The first-order valence-corrected chi connectivity index (χ1v) is 6.86. The van der Waals surface area contributed by atoms with Gasteiger partial charge in [0.05, 0.1) is 0 Å². The fraction of sp³-hybridized carbons (Fsp3) is 0.786. The average molecular weight is 236 g/mol. The summed E-state index contributed by atoms with van der Waals surface area (Å²) in [5.74, 6) is 0.542. The van der Waals surface area contributed by atoms with Gasteiger partial charge in [0.2, 0.25) is 5.91 Å². The first-order valence-electron chi connectivity index (χ1n) is 6.86. The van der Waals surface area contributed by atoms with E-state index in [-0.39, 0.29) is 5.92 Å². The average Bonchev–Trinajstić information content (AvgIpc) is 2.70. The molecule has 3 heteroatoms. The van der Waals surface area contributed by atoms with Crippen LogP contribution < -0.4 is 0 Å². The van der Waals surface area contributed by atoms with Crippen molar-refractivity contribution in [3.05, 3.63) is 12.3 Å². The molecule has 0 spiro atoms. The lowest BCUT2D eigenvalue weighted by molar-refractivity contribution is -0.137. The number of rotatable bonds is 3. The standard InChI is InChI=1S/C14H24N2O/c1-4-5-11(2)14(17)15-8-9-16-12(3)6-7-13(16)10-15/h11,13H,3-10H2,1-2H3. The maximum atomic E-state index is 12.2. The van der Waals surface area contributed by atoms with Gasteiger partial charge in [-0.15, -0.1) is 0 Å². The van der Waals surface area contributed by atoms with E-state index < -0.39 is 0 Å².